The van der Waals surface area contributed by atoms with Crippen molar-refractivity contribution >= 4 is 28.1 Å². The van der Waals surface area contributed by atoms with Crippen LogP contribution in [-0.2, 0) is 6.54 Å². The molecule has 0 spiro atoms. The van der Waals surface area contributed by atoms with Gasteiger partial charge in [-0.2, -0.15) is 0 Å². The summed E-state index contributed by atoms with van der Waals surface area (Å²) < 4.78 is 5.73. The summed E-state index contributed by atoms with van der Waals surface area (Å²) in [5, 5.41) is 16.8. The number of benzene rings is 2. The molecule has 0 saturated carbocycles. The van der Waals surface area contributed by atoms with Crippen LogP contribution in [0.2, 0.25) is 0 Å². The van der Waals surface area contributed by atoms with Crippen molar-refractivity contribution in [2.24, 2.45) is 0 Å². The Morgan fingerprint density at radius 1 is 1.04 bits per heavy atom. The Balaban J connectivity index is 1.44. The van der Waals surface area contributed by atoms with E-state index in [2.05, 4.69) is 10.3 Å². The number of rotatable bonds is 5. The third-order valence-corrected chi connectivity index (χ3v) is 4.96. The molecule has 0 radical (unpaired) electrons. The number of amides is 1. The summed E-state index contributed by atoms with van der Waals surface area (Å²) in [4.78, 5) is 27.2. The van der Waals surface area contributed by atoms with Crippen molar-refractivity contribution in [2.75, 3.05) is 0 Å². The molecule has 0 bridgehead atoms. The number of para-hydroxylation sites is 1. The first-order valence-electron chi connectivity index (χ1n) is 8.53. The maximum atomic E-state index is 12.4. The highest BCUT2D eigenvalue weighted by Gasteiger charge is 2.19. The maximum Gasteiger partial charge on any atom is 0.265 e. The van der Waals surface area contributed by atoms with Gasteiger partial charge in [0.1, 0.15) is 22.8 Å². The summed E-state index contributed by atoms with van der Waals surface area (Å²) in [6.45, 7) is 0.213. The van der Waals surface area contributed by atoms with Crippen LogP contribution in [0.5, 0.6) is 17.2 Å². The number of hydrogen-bond acceptors (Lipinski definition) is 5. The lowest BCUT2D eigenvalue weighted by Crippen LogP contribution is -2.29. The fourth-order valence-electron chi connectivity index (χ4n) is 2.79. The third kappa shape index (κ3) is 3.60. The second-order valence-corrected chi connectivity index (χ2v) is 6.86. The number of aromatic amines is 1. The minimum Gasteiger partial charge on any atom is -0.506 e. The highest BCUT2D eigenvalue weighted by molar-refractivity contribution is 7.09. The van der Waals surface area contributed by atoms with Crippen molar-refractivity contribution in [3.05, 3.63) is 86.8 Å². The van der Waals surface area contributed by atoms with E-state index in [9.17, 15) is 14.7 Å². The predicted molar refractivity (Wildman–Crippen MR) is 108 cm³/mol. The predicted octanol–water partition coefficient (Wildman–Crippen LogP) is 4.02. The Labute approximate surface area is 164 Å². The second-order valence-electron chi connectivity index (χ2n) is 6.12. The van der Waals surface area contributed by atoms with Gasteiger partial charge in [0.25, 0.3) is 11.5 Å². The maximum absolute atomic E-state index is 12.4. The molecular formula is C21H16N2O4S. The zero-order valence-corrected chi connectivity index (χ0v) is 15.5. The third-order valence-electron chi connectivity index (χ3n) is 4.21. The van der Waals surface area contributed by atoms with Crippen molar-refractivity contribution in [2.45, 2.75) is 6.54 Å². The van der Waals surface area contributed by atoms with E-state index in [4.69, 9.17) is 4.74 Å². The molecule has 0 aliphatic carbocycles. The Hall–Kier alpha value is -3.58. The number of H-pyrrole nitrogens is 1. The number of pyridine rings is 1. The normalized spacial score (nSPS) is 10.7. The molecule has 28 heavy (non-hydrogen) atoms. The molecular weight excluding hydrogens is 376 g/mol. The first-order chi connectivity index (χ1) is 13.6. The van der Waals surface area contributed by atoms with Crippen LogP contribution in [0.15, 0.2) is 70.2 Å². The highest BCUT2D eigenvalue weighted by Crippen LogP contribution is 2.27. The lowest BCUT2D eigenvalue weighted by atomic mass is 10.1. The highest BCUT2D eigenvalue weighted by atomic mass is 32.1. The van der Waals surface area contributed by atoms with Gasteiger partial charge in [-0.3, -0.25) is 9.59 Å². The second kappa shape index (κ2) is 7.58. The monoisotopic (exact) mass is 392 g/mol. The number of aromatic nitrogens is 1. The molecule has 140 valence electrons. The van der Waals surface area contributed by atoms with E-state index in [0.717, 1.165) is 11.3 Å². The molecule has 0 saturated heterocycles. The average Bonchev–Trinajstić information content (AvgIpc) is 3.17. The van der Waals surface area contributed by atoms with Gasteiger partial charge in [-0.25, -0.2) is 0 Å². The number of fused-ring (bicyclic) bond motifs is 1. The van der Waals surface area contributed by atoms with E-state index in [1.807, 2.05) is 42.5 Å². The Morgan fingerprint density at radius 3 is 2.50 bits per heavy atom. The molecule has 0 atom stereocenters. The van der Waals surface area contributed by atoms with Crippen LogP contribution in [-0.4, -0.2) is 16.0 Å². The summed E-state index contributed by atoms with van der Waals surface area (Å²) >= 11 is 1.33. The van der Waals surface area contributed by atoms with Crippen LogP contribution >= 0.6 is 11.3 Å². The van der Waals surface area contributed by atoms with Crippen LogP contribution in [0.25, 0.3) is 10.9 Å². The number of aromatic hydroxyl groups is 1. The first-order valence-corrected chi connectivity index (χ1v) is 9.47. The molecule has 0 fully saturated rings. The van der Waals surface area contributed by atoms with Crippen LogP contribution in [0.1, 0.15) is 15.9 Å². The molecule has 0 unspecified atom stereocenters. The smallest absolute Gasteiger partial charge is 0.265 e. The lowest BCUT2D eigenvalue weighted by molar-refractivity contribution is 0.0947. The van der Waals surface area contributed by atoms with Gasteiger partial charge in [0.05, 0.1) is 10.9 Å². The number of carbonyl (C=O) groups excluding carboxylic acids is 1. The molecule has 3 N–H and O–H groups in total. The van der Waals surface area contributed by atoms with E-state index in [-0.39, 0.29) is 17.9 Å². The Kier molecular flexibility index (Phi) is 4.82. The fraction of sp³-hybridized carbons (Fsp3) is 0.0476. The van der Waals surface area contributed by atoms with E-state index >= 15 is 0 Å². The average molecular weight is 392 g/mol. The topological polar surface area (TPSA) is 91.4 Å². The number of ether oxygens (including phenoxy) is 1. The van der Waals surface area contributed by atoms with E-state index in [1.165, 1.54) is 11.3 Å². The zero-order valence-electron chi connectivity index (χ0n) is 14.6. The van der Waals surface area contributed by atoms with Gasteiger partial charge in [-0.15, -0.1) is 11.3 Å². The molecule has 2 aromatic carbocycles. The molecule has 0 aliphatic heterocycles. The molecule has 7 heteroatoms. The molecule has 0 aliphatic rings. The minimum absolute atomic E-state index is 0.213. The molecule has 2 heterocycles. The van der Waals surface area contributed by atoms with Gasteiger partial charge < -0.3 is 20.1 Å². The van der Waals surface area contributed by atoms with Gasteiger partial charge in [0, 0.05) is 17.3 Å². The van der Waals surface area contributed by atoms with Crippen molar-refractivity contribution in [3.63, 3.8) is 0 Å². The van der Waals surface area contributed by atoms with Gasteiger partial charge in [0.2, 0.25) is 0 Å². The van der Waals surface area contributed by atoms with Crippen molar-refractivity contribution in [1.82, 2.24) is 10.3 Å². The largest absolute Gasteiger partial charge is 0.506 e. The van der Waals surface area contributed by atoms with Crippen LogP contribution < -0.4 is 15.6 Å². The fourth-order valence-corrected chi connectivity index (χ4v) is 3.55. The molecule has 4 aromatic rings. The summed E-state index contributed by atoms with van der Waals surface area (Å²) in [5.74, 6) is 0.487. The molecule has 1 amide bonds. The summed E-state index contributed by atoms with van der Waals surface area (Å²) in [5.41, 5.74) is 0.446. The van der Waals surface area contributed by atoms with E-state index in [1.54, 1.807) is 22.9 Å². The number of carbonyl (C=O) groups is 1. The van der Waals surface area contributed by atoms with Crippen LogP contribution in [0, 0.1) is 0 Å². The SMILES string of the molecule is O=C(NCc1ccc(Oc2ccccc2)cc1)c1c(O)c2cscc2[nH]c1=O. The summed E-state index contributed by atoms with van der Waals surface area (Å²) in [6.07, 6.45) is 0. The molecule has 6 nitrogen and oxygen atoms in total. The van der Waals surface area contributed by atoms with Crippen LogP contribution in [0.4, 0.5) is 0 Å². The van der Waals surface area contributed by atoms with Gasteiger partial charge in [-0.1, -0.05) is 30.3 Å². The Bertz CT molecular complexity index is 1180. The van der Waals surface area contributed by atoms with E-state index in [0.29, 0.717) is 16.7 Å². The summed E-state index contributed by atoms with van der Waals surface area (Å²) in [6, 6.07) is 16.7. The molecule has 4 rings (SSSR count). The van der Waals surface area contributed by atoms with Gasteiger partial charge in [0.15, 0.2) is 0 Å². The lowest BCUT2D eigenvalue weighted by Gasteiger charge is -2.09. The standard InChI is InChI=1S/C21H16N2O4S/c24-19-16-11-28-12-17(16)23-21(26)18(19)20(25)22-10-13-6-8-15(9-7-13)27-14-4-2-1-3-5-14/h1-9,11-12,24H,10H2,(H,22,25)(H,23,26). The number of nitrogens with one attached hydrogen (secondary N) is 2. The van der Waals surface area contributed by atoms with Gasteiger partial charge >= 0.3 is 0 Å². The van der Waals surface area contributed by atoms with Crippen LogP contribution in [0.3, 0.4) is 0 Å². The molecule has 2 aromatic heterocycles. The van der Waals surface area contributed by atoms with Crippen molar-refractivity contribution < 1.29 is 14.6 Å². The Morgan fingerprint density at radius 2 is 1.75 bits per heavy atom. The minimum atomic E-state index is -0.628. The zero-order chi connectivity index (χ0) is 19.5. The van der Waals surface area contributed by atoms with Crippen molar-refractivity contribution in [1.29, 1.82) is 0 Å². The number of hydrogen-bond donors (Lipinski definition) is 3. The van der Waals surface area contributed by atoms with Gasteiger partial charge in [-0.05, 0) is 29.8 Å². The number of thiophene rings is 1. The quantitative estimate of drug-likeness (QED) is 0.478. The van der Waals surface area contributed by atoms with Crippen molar-refractivity contribution in [3.8, 4) is 17.2 Å². The first kappa shape index (κ1) is 17.8. The summed E-state index contributed by atoms with van der Waals surface area (Å²) in [7, 11) is 0. The van der Waals surface area contributed by atoms with E-state index < -0.39 is 11.5 Å².